The molecule has 1 saturated carbocycles. The quantitative estimate of drug-likeness (QED) is 0.619. The van der Waals surface area contributed by atoms with E-state index in [0.29, 0.717) is 0 Å². The predicted octanol–water partition coefficient (Wildman–Crippen LogP) is 0.146. The SMILES string of the molecule is O=C(O)CNCC(=O)OC1CCCC1. The molecule has 5 heteroatoms. The fourth-order valence-corrected chi connectivity index (χ4v) is 1.51. The summed E-state index contributed by atoms with van der Waals surface area (Å²) in [6.07, 6.45) is 4.14. The number of carbonyl (C=O) groups is 2. The van der Waals surface area contributed by atoms with E-state index in [0.717, 1.165) is 25.7 Å². The first kappa shape index (κ1) is 11.0. The molecule has 0 heterocycles. The van der Waals surface area contributed by atoms with Gasteiger partial charge in [-0.3, -0.25) is 14.9 Å². The minimum atomic E-state index is -0.973. The van der Waals surface area contributed by atoms with Crippen molar-refractivity contribution < 1.29 is 19.4 Å². The molecule has 1 aliphatic carbocycles. The Morgan fingerprint density at radius 1 is 1.29 bits per heavy atom. The summed E-state index contributed by atoms with van der Waals surface area (Å²) in [6.45, 7) is -0.234. The van der Waals surface area contributed by atoms with E-state index in [2.05, 4.69) is 5.32 Å². The lowest BCUT2D eigenvalue weighted by atomic mass is 10.3. The van der Waals surface area contributed by atoms with E-state index in [4.69, 9.17) is 9.84 Å². The van der Waals surface area contributed by atoms with Crippen LogP contribution in [0.25, 0.3) is 0 Å². The monoisotopic (exact) mass is 201 g/mol. The number of rotatable bonds is 5. The van der Waals surface area contributed by atoms with Gasteiger partial charge in [-0.1, -0.05) is 0 Å². The molecular formula is C9H15NO4. The summed E-state index contributed by atoms with van der Waals surface area (Å²) in [6, 6.07) is 0. The van der Waals surface area contributed by atoms with Crippen LogP contribution in [0.15, 0.2) is 0 Å². The van der Waals surface area contributed by atoms with Gasteiger partial charge in [0.2, 0.25) is 0 Å². The van der Waals surface area contributed by atoms with Gasteiger partial charge < -0.3 is 9.84 Å². The molecule has 0 saturated heterocycles. The Kier molecular flexibility index (Phi) is 4.39. The number of esters is 1. The third kappa shape index (κ3) is 4.23. The Labute approximate surface area is 82.4 Å². The van der Waals surface area contributed by atoms with Crippen LogP contribution in [0.2, 0.25) is 0 Å². The first-order valence-corrected chi connectivity index (χ1v) is 4.80. The highest BCUT2D eigenvalue weighted by atomic mass is 16.5. The van der Waals surface area contributed by atoms with E-state index in [9.17, 15) is 9.59 Å². The van der Waals surface area contributed by atoms with Gasteiger partial charge in [0.05, 0.1) is 13.1 Å². The van der Waals surface area contributed by atoms with Gasteiger partial charge in [0.15, 0.2) is 0 Å². The van der Waals surface area contributed by atoms with Crippen molar-refractivity contribution in [2.24, 2.45) is 0 Å². The third-order valence-electron chi connectivity index (χ3n) is 2.15. The number of carboxylic acids is 1. The number of hydrogen-bond acceptors (Lipinski definition) is 4. The maximum atomic E-state index is 11.1. The number of carboxylic acid groups (broad SMARTS) is 1. The van der Waals surface area contributed by atoms with Crippen molar-refractivity contribution in [2.45, 2.75) is 31.8 Å². The largest absolute Gasteiger partial charge is 0.480 e. The highest BCUT2D eigenvalue weighted by Crippen LogP contribution is 2.20. The molecule has 0 radical (unpaired) electrons. The highest BCUT2D eigenvalue weighted by molar-refractivity contribution is 5.74. The second kappa shape index (κ2) is 5.59. The molecule has 2 N–H and O–H groups in total. The van der Waals surface area contributed by atoms with Crippen molar-refractivity contribution >= 4 is 11.9 Å². The fraction of sp³-hybridized carbons (Fsp3) is 0.778. The first-order chi connectivity index (χ1) is 6.68. The van der Waals surface area contributed by atoms with Crippen LogP contribution in [-0.4, -0.2) is 36.2 Å². The van der Waals surface area contributed by atoms with Gasteiger partial charge >= 0.3 is 11.9 Å². The van der Waals surface area contributed by atoms with Gasteiger partial charge in [-0.2, -0.15) is 0 Å². The second-order valence-corrected chi connectivity index (χ2v) is 3.39. The zero-order valence-electron chi connectivity index (χ0n) is 7.99. The Bertz CT molecular complexity index is 211. The van der Waals surface area contributed by atoms with Crippen molar-refractivity contribution in [1.82, 2.24) is 5.32 Å². The van der Waals surface area contributed by atoms with Crippen LogP contribution in [0.1, 0.15) is 25.7 Å². The van der Waals surface area contributed by atoms with Crippen LogP contribution in [-0.2, 0) is 14.3 Å². The van der Waals surface area contributed by atoms with Gasteiger partial charge in [0.25, 0.3) is 0 Å². The summed E-state index contributed by atoms with van der Waals surface area (Å²) in [5.41, 5.74) is 0. The summed E-state index contributed by atoms with van der Waals surface area (Å²) in [7, 11) is 0. The van der Waals surface area contributed by atoms with Crippen LogP contribution < -0.4 is 5.32 Å². The zero-order chi connectivity index (χ0) is 10.4. The molecule has 0 aliphatic heterocycles. The molecule has 1 rings (SSSR count). The lowest BCUT2D eigenvalue weighted by Gasteiger charge is -2.10. The van der Waals surface area contributed by atoms with E-state index in [1.165, 1.54) is 0 Å². The molecule has 80 valence electrons. The minimum absolute atomic E-state index is 0.0250. The van der Waals surface area contributed by atoms with Gasteiger partial charge in [-0.25, -0.2) is 0 Å². The molecule has 1 aliphatic rings. The third-order valence-corrected chi connectivity index (χ3v) is 2.15. The van der Waals surface area contributed by atoms with Crippen molar-refractivity contribution in [3.05, 3.63) is 0 Å². The molecular weight excluding hydrogens is 186 g/mol. The van der Waals surface area contributed by atoms with E-state index < -0.39 is 5.97 Å². The summed E-state index contributed by atoms with van der Waals surface area (Å²) in [5, 5.41) is 10.8. The lowest BCUT2D eigenvalue weighted by Crippen LogP contribution is -2.31. The molecule has 5 nitrogen and oxygen atoms in total. The van der Waals surface area contributed by atoms with E-state index in [-0.39, 0.29) is 25.2 Å². The number of ether oxygens (including phenoxy) is 1. The van der Waals surface area contributed by atoms with E-state index in [1.807, 2.05) is 0 Å². The van der Waals surface area contributed by atoms with Crippen LogP contribution in [0.4, 0.5) is 0 Å². The smallest absolute Gasteiger partial charge is 0.320 e. The topological polar surface area (TPSA) is 75.6 Å². The number of nitrogens with one attached hydrogen (secondary N) is 1. The maximum Gasteiger partial charge on any atom is 0.320 e. The molecule has 0 atom stereocenters. The Morgan fingerprint density at radius 3 is 2.50 bits per heavy atom. The Morgan fingerprint density at radius 2 is 1.93 bits per heavy atom. The summed E-state index contributed by atoms with van der Waals surface area (Å²) >= 11 is 0. The normalized spacial score (nSPS) is 16.9. The molecule has 0 aromatic rings. The van der Waals surface area contributed by atoms with Crippen LogP contribution in [0.5, 0.6) is 0 Å². The fourth-order valence-electron chi connectivity index (χ4n) is 1.51. The highest BCUT2D eigenvalue weighted by Gasteiger charge is 2.18. The van der Waals surface area contributed by atoms with E-state index in [1.54, 1.807) is 0 Å². The average Bonchev–Trinajstić information content (AvgIpc) is 2.56. The van der Waals surface area contributed by atoms with Gasteiger partial charge in [-0.05, 0) is 25.7 Å². The summed E-state index contributed by atoms with van der Waals surface area (Å²) < 4.78 is 5.10. The van der Waals surface area contributed by atoms with Crippen LogP contribution >= 0.6 is 0 Å². The van der Waals surface area contributed by atoms with Crippen LogP contribution in [0, 0.1) is 0 Å². The Balaban J connectivity index is 2.06. The zero-order valence-corrected chi connectivity index (χ0v) is 7.99. The Hall–Kier alpha value is -1.10. The standard InChI is InChI=1S/C9H15NO4/c11-8(12)5-10-6-9(13)14-7-3-1-2-4-7/h7,10H,1-6H2,(H,11,12). The molecule has 0 spiro atoms. The van der Waals surface area contributed by atoms with Gasteiger partial charge in [-0.15, -0.1) is 0 Å². The first-order valence-electron chi connectivity index (χ1n) is 4.80. The van der Waals surface area contributed by atoms with Crippen molar-refractivity contribution in [3.8, 4) is 0 Å². The van der Waals surface area contributed by atoms with Gasteiger partial charge in [0.1, 0.15) is 6.10 Å². The summed E-state index contributed by atoms with van der Waals surface area (Å²) in [4.78, 5) is 21.2. The van der Waals surface area contributed by atoms with Crippen molar-refractivity contribution in [1.29, 1.82) is 0 Å². The molecule has 0 unspecified atom stereocenters. The van der Waals surface area contributed by atoms with E-state index >= 15 is 0 Å². The second-order valence-electron chi connectivity index (χ2n) is 3.39. The molecule has 0 amide bonds. The van der Waals surface area contributed by atoms with Crippen LogP contribution in [0.3, 0.4) is 0 Å². The lowest BCUT2D eigenvalue weighted by molar-refractivity contribution is -0.147. The molecule has 14 heavy (non-hydrogen) atoms. The minimum Gasteiger partial charge on any atom is -0.480 e. The number of carbonyl (C=O) groups excluding carboxylic acids is 1. The molecule has 1 fully saturated rings. The summed E-state index contributed by atoms with van der Waals surface area (Å²) in [5.74, 6) is -1.34. The van der Waals surface area contributed by atoms with Crippen molar-refractivity contribution in [2.75, 3.05) is 13.1 Å². The molecule has 0 aromatic carbocycles. The molecule has 0 bridgehead atoms. The average molecular weight is 201 g/mol. The number of aliphatic carboxylic acids is 1. The predicted molar refractivity (Wildman–Crippen MR) is 48.9 cm³/mol. The molecule has 0 aromatic heterocycles. The van der Waals surface area contributed by atoms with Crippen molar-refractivity contribution in [3.63, 3.8) is 0 Å². The maximum absolute atomic E-state index is 11.1. The van der Waals surface area contributed by atoms with Gasteiger partial charge in [0, 0.05) is 0 Å². The number of hydrogen-bond donors (Lipinski definition) is 2.